The highest BCUT2D eigenvalue weighted by Crippen LogP contribution is 2.26. The topological polar surface area (TPSA) is 310 Å². The van der Waals surface area contributed by atoms with E-state index in [1.165, 1.54) is 16.1 Å². The van der Waals surface area contributed by atoms with Gasteiger partial charge in [0.2, 0.25) is 41.4 Å². The Bertz CT molecular complexity index is 3350. The molecule has 4 aromatic carbocycles. The first-order valence-corrected chi connectivity index (χ1v) is 27.7. The van der Waals surface area contributed by atoms with E-state index in [1.807, 2.05) is 72.8 Å². The minimum Gasteiger partial charge on any atom is -0.480 e. The molecule has 2 fully saturated rings. The van der Waals surface area contributed by atoms with Crippen LogP contribution in [0, 0.1) is 0 Å². The minimum absolute atomic E-state index is 0.00490. The molecule has 0 bridgehead atoms. The van der Waals surface area contributed by atoms with Gasteiger partial charge in [-0.1, -0.05) is 97.1 Å². The highest BCUT2D eigenvalue weighted by Gasteiger charge is 2.43. The number of nitrogens with two attached hydrogens (primary N) is 1. The van der Waals surface area contributed by atoms with E-state index in [4.69, 9.17) is 5.73 Å². The molecule has 22 heteroatoms. The summed E-state index contributed by atoms with van der Waals surface area (Å²) in [6, 6.07) is 23.5. The number of rotatable bonds is 24. The van der Waals surface area contributed by atoms with Crippen molar-refractivity contribution in [1.29, 1.82) is 0 Å². The lowest BCUT2D eigenvalue weighted by Crippen LogP contribution is -2.61. The van der Waals surface area contributed by atoms with Gasteiger partial charge in [-0.3, -0.25) is 33.6 Å². The van der Waals surface area contributed by atoms with Crippen LogP contribution in [0.4, 0.5) is 0 Å². The van der Waals surface area contributed by atoms with Crippen molar-refractivity contribution < 1.29 is 43.5 Å². The Morgan fingerprint density at radius 2 is 1.00 bits per heavy atom. The van der Waals surface area contributed by atoms with Crippen LogP contribution in [0.15, 0.2) is 134 Å². The van der Waals surface area contributed by atoms with Crippen molar-refractivity contribution in [1.82, 2.24) is 56.3 Å². The molecule has 2 saturated heterocycles. The number of H-pyrrole nitrogens is 3. The molecule has 0 spiro atoms. The highest BCUT2D eigenvalue weighted by molar-refractivity contribution is 7.80. The summed E-state index contributed by atoms with van der Waals surface area (Å²) in [6.07, 6.45) is 7.78. The van der Waals surface area contributed by atoms with Gasteiger partial charge in [-0.05, 0) is 60.1 Å². The maximum atomic E-state index is 15.3. The minimum atomic E-state index is -1.30. The van der Waals surface area contributed by atoms with Crippen molar-refractivity contribution in [3.63, 3.8) is 0 Å². The zero-order valence-corrected chi connectivity index (χ0v) is 45.3. The van der Waals surface area contributed by atoms with E-state index in [-0.39, 0.29) is 63.8 Å². The largest absolute Gasteiger partial charge is 0.480 e. The Morgan fingerprint density at radius 1 is 0.556 bits per heavy atom. The molecule has 5 heterocycles. The summed E-state index contributed by atoms with van der Waals surface area (Å²) < 4.78 is 0. The summed E-state index contributed by atoms with van der Waals surface area (Å²) in [5.41, 5.74) is 10.9. The number of carbonyl (C=O) groups excluding carboxylic acids is 7. The lowest BCUT2D eigenvalue weighted by Gasteiger charge is -2.32. The van der Waals surface area contributed by atoms with Gasteiger partial charge in [0.05, 0.1) is 18.1 Å². The van der Waals surface area contributed by atoms with Crippen LogP contribution in [-0.2, 0) is 70.5 Å². The third-order valence-electron chi connectivity index (χ3n) is 15.1. The zero-order chi connectivity index (χ0) is 57.0. The van der Waals surface area contributed by atoms with Gasteiger partial charge in [0.1, 0.15) is 42.3 Å². The Hall–Kier alpha value is -8.76. The zero-order valence-electron chi connectivity index (χ0n) is 44.4. The van der Waals surface area contributed by atoms with Crippen LogP contribution in [0.3, 0.4) is 0 Å². The van der Waals surface area contributed by atoms with E-state index in [1.54, 1.807) is 55.0 Å². The van der Waals surface area contributed by atoms with Crippen LogP contribution < -0.4 is 32.3 Å². The molecule has 0 saturated carbocycles. The summed E-state index contributed by atoms with van der Waals surface area (Å²) in [5, 5.41) is 26.0. The average molecular weight is 1120 g/mol. The molecule has 2 aliphatic rings. The first-order valence-electron chi connectivity index (χ1n) is 27.1. The maximum absolute atomic E-state index is 15.3. The van der Waals surface area contributed by atoms with Crippen LogP contribution in [0.5, 0.6) is 0 Å². The van der Waals surface area contributed by atoms with E-state index in [9.17, 15) is 38.7 Å². The van der Waals surface area contributed by atoms with Gasteiger partial charge in [0, 0.05) is 91.3 Å². The van der Waals surface area contributed by atoms with Crippen LogP contribution >= 0.6 is 12.6 Å². The molecule has 11 N–H and O–H groups in total. The normalized spacial score (nSPS) is 17.4. The average Bonchev–Trinajstić information content (AvgIpc) is 4.38. The van der Waals surface area contributed by atoms with Crippen molar-refractivity contribution >= 4 is 81.8 Å². The fourth-order valence-corrected chi connectivity index (χ4v) is 11.0. The summed E-state index contributed by atoms with van der Waals surface area (Å²) in [4.78, 5) is 130. The molecule has 9 rings (SSSR count). The molecule has 3 aromatic heterocycles. The van der Waals surface area contributed by atoms with Crippen molar-refractivity contribution in [2.75, 3.05) is 18.8 Å². The Balaban J connectivity index is 0.955. The Labute approximate surface area is 472 Å². The van der Waals surface area contributed by atoms with Gasteiger partial charge in [-0.2, -0.15) is 12.6 Å². The lowest BCUT2D eigenvalue weighted by atomic mass is 10.0. The molecule has 0 radical (unpaired) electrons. The Kier molecular flexibility index (Phi) is 18.6. The molecular formula is C59H66N12O9S. The van der Waals surface area contributed by atoms with Gasteiger partial charge < -0.3 is 62.2 Å². The third-order valence-corrected chi connectivity index (χ3v) is 15.4. The number of nitrogens with zero attached hydrogens (tertiary/aromatic N) is 3. The van der Waals surface area contributed by atoms with Crippen molar-refractivity contribution in [3.8, 4) is 0 Å². The van der Waals surface area contributed by atoms with Crippen molar-refractivity contribution in [2.24, 2.45) is 5.73 Å². The van der Waals surface area contributed by atoms with E-state index >= 15 is 4.79 Å². The number of nitrogens with one attached hydrogen (secondary N) is 8. The maximum Gasteiger partial charge on any atom is 0.326 e. The van der Waals surface area contributed by atoms with Crippen LogP contribution in [-0.4, -0.2) is 149 Å². The first-order chi connectivity index (χ1) is 39.2. The molecule has 2 aliphatic heterocycles. The fourth-order valence-electron chi connectivity index (χ4n) is 10.8. The monoisotopic (exact) mass is 1120 g/mol. The van der Waals surface area contributed by atoms with Crippen LogP contribution in [0.1, 0.15) is 53.6 Å². The second-order valence-electron chi connectivity index (χ2n) is 20.6. The number of carboxylic acids is 1. The van der Waals surface area contributed by atoms with Gasteiger partial charge in [0.15, 0.2) is 0 Å². The highest BCUT2D eigenvalue weighted by atomic mass is 32.1. The molecule has 8 atom stereocenters. The molecule has 0 unspecified atom stereocenters. The number of para-hydroxylation sites is 2. The standard InChI is InChI=1S/C59H66N12O9S/c60-42(33-81)52(72)65-46(29-39-32-61-34-64-39)54(74)66-45(25-35-13-3-1-4-14-35)53(73)67-48(27-37-30-62-43-19-9-7-17-40(37)43)58(78)71-24-11-21-50(71)55(75)68-47(26-36-15-5-2-6-16-36)57(77)70-23-12-22-51(70)56(76)69-49(59(79)80)28-38-31-63-44-20-10-8-18-41(38)44/h1-10,13-20,30-32,34,42,45-51,62-63,81H,11-12,21-29,33,60H2,(H,61,64)(H,65,72)(H,66,74)(H,67,73)(H,68,75)(H,69,76)(H,79,80)/t42-,45-,46-,47-,48-,49-,50-,51-/m0/s1. The number of amides is 7. The summed E-state index contributed by atoms with van der Waals surface area (Å²) in [6.45, 7) is 0.316. The van der Waals surface area contributed by atoms with E-state index in [2.05, 4.69) is 59.1 Å². The van der Waals surface area contributed by atoms with Gasteiger partial charge in [-0.15, -0.1) is 0 Å². The molecule has 7 amide bonds. The lowest BCUT2D eigenvalue weighted by molar-refractivity contribution is -0.145. The van der Waals surface area contributed by atoms with Gasteiger partial charge in [-0.25, -0.2) is 9.78 Å². The van der Waals surface area contributed by atoms with Crippen LogP contribution in [0.25, 0.3) is 21.8 Å². The second kappa shape index (κ2) is 26.5. The summed E-state index contributed by atoms with van der Waals surface area (Å²) in [7, 11) is 0. The number of likely N-dealkylation sites (tertiary alicyclic amines) is 2. The number of hydrogen-bond acceptors (Lipinski definition) is 11. The van der Waals surface area contributed by atoms with Gasteiger partial charge >= 0.3 is 5.97 Å². The number of hydrogen-bond donors (Lipinski definition) is 11. The summed E-state index contributed by atoms with van der Waals surface area (Å²) >= 11 is 4.15. The molecule has 21 nitrogen and oxygen atoms in total. The number of thiol groups is 1. The molecule has 7 aromatic rings. The molecular weight excluding hydrogens is 1050 g/mol. The van der Waals surface area contributed by atoms with Gasteiger partial charge in [0.25, 0.3) is 0 Å². The number of aliphatic carboxylic acids is 1. The number of aromatic nitrogens is 4. The first kappa shape index (κ1) is 56.9. The molecule has 81 heavy (non-hydrogen) atoms. The summed E-state index contributed by atoms with van der Waals surface area (Å²) in [5.74, 6) is -5.67. The van der Waals surface area contributed by atoms with E-state index in [0.29, 0.717) is 35.2 Å². The van der Waals surface area contributed by atoms with Crippen molar-refractivity contribution in [3.05, 3.63) is 162 Å². The van der Waals surface area contributed by atoms with Crippen molar-refractivity contribution in [2.45, 2.75) is 106 Å². The fraction of sp³-hybridized carbons (Fsp3) is 0.339. The van der Waals surface area contributed by atoms with E-state index in [0.717, 1.165) is 27.4 Å². The predicted octanol–water partition coefficient (Wildman–Crippen LogP) is 2.63. The third kappa shape index (κ3) is 14.0. The van der Waals surface area contributed by atoms with E-state index < -0.39 is 95.7 Å². The molecule has 0 aliphatic carbocycles. The number of fused-ring (bicyclic) bond motifs is 2. The smallest absolute Gasteiger partial charge is 0.326 e. The SMILES string of the molecule is N[C@@H](CS)C(=O)N[C@@H](Cc1c[nH]cn1)C(=O)N[C@@H](Cc1ccccc1)C(=O)N[C@@H](Cc1c[nH]c2ccccc12)C(=O)N1CCC[C@H]1C(=O)N[C@@H](Cc1ccccc1)C(=O)N1CCC[C@H]1C(=O)N[C@@H](Cc1c[nH]c2ccccc12)C(=O)O. The predicted molar refractivity (Wildman–Crippen MR) is 305 cm³/mol. The number of benzene rings is 4. The number of carboxylic acid groups (broad SMARTS) is 1. The van der Waals surface area contributed by atoms with Crippen LogP contribution in [0.2, 0.25) is 0 Å². The quantitative estimate of drug-likeness (QED) is 0.0391. The second-order valence-corrected chi connectivity index (χ2v) is 20.9. The Morgan fingerprint density at radius 3 is 1.51 bits per heavy atom. The number of imidazole rings is 1. The number of aromatic amines is 3. The number of carbonyl (C=O) groups is 8. The molecule has 422 valence electrons.